The van der Waals surface area contributed by atoms with E-state index in [9.17, 15) is 0 Å². The van der Waals surface area contributed by atoms with Crippen molar-refractivity contribution in [2.75, 3.05) is 0 Å². The van der Waals surface area contributed by atoms with Crippen molar-refractivity contribution in [1.29, 1.82) is 0 Å². The van der Waals surface area contributed by atoms with Crippen molar-refractivity contribution in [3.8, 4) is 61.3 Å². The quantitative estimate of drug-likeness (QED) is 0.185. The lowest BCUT2D eigenvalue weighted by atomic mass is 9.79. The van der Waals surface area contributed by atoms with Gasteiger partial charge in [0, 0.05) is 32.8 Å². The molecule has 0 N–H and O–H groups in total. The largest absolute Gasteiger partial charge is 0.456 e. The Kier molecular flexibility index (Phi) is 5.70. The van der Waals surface area contributed by atoms with E-state index >= 15 is 0 Å². The molecule has 10 aromatic rings. The van der Waals surface area contributed by atoms with Crippen molar-refractivity contribution >= 4 is 43.7 Å². The second-order valence-corrected chi connectivity index (χ2v) is 13.2. The van der Waals surface area contributed by atoms with E-state index in [1.54, 1.807) is 0 Å². The van der Waals surface area contributed by atoms with Gasteiger partial charge in [0.2, 0.25) is 0 Å². The Balaban J connectivity index is 1.23. The first-order chi connectivity index (χ1) is 24.8. The number of hydrogen-bond donors (Lipinski definition) is 0. The van der Waals surface area contributed by atoms with E-state index in [1.807, 2.05) is 6.07 Å². The number of fused-ring (bicyclic) bond motifs is 15. The molecule has 2 aromatic heterocycles. The van der Waals surface area contributed by atoms with Crippen molar-refractivity contribution in [3.63, 3.8) is 0 Å². The maximum atomic E-state index is 6.45. The number of hydrogen-bond acceptors (Lipinski definition) is 1. The molecule has 0 radical (unpaired) electrons. The Morgan fingerprint density at radius 1 is 0.340 bits per heavy atom. The molecule has 1 aliphatic carbocycles. The Bertz CT molecular complexity index is 2980. The summed E-state index contributed by atoms with van der Waals surface area (Å²) in [4.78, 5) is 0. The van der Waals surface area contributed by atoms with E-state index < -0.39 is 0 Å². The van der Waals surface area contributed by atoms with Crippen LogP contribution in [0.15, 0.2) is 180 Å². The summed E-state index contributed by atoms with van der Waals surface area (Å²) in [6.45, 7) is 0. The van der Waals surface area contributed by atoms with Gasteiger partial charge >= 0.3 is 0 Å². The third-order valence-electron chi connectivity index (χ3n) is 10.6. The van der Waals surface area contributed by atoms with Crippen LogP contribution in [0.3, 0.4) is 0 Å². The van der Waals surface area contributed by atoms with Crippen LogP contribution in [0.25, 0.3) is 105 Å². The van der Waals surface area contributed by atoms with Crippen LogP contribution in [-0.2, 0) is 0 Å². The molecule has 0 amide bonds. The summed E-state index contributed by atoms with van der Waals surface area (Å²) >= 11 is 0. The Labute approximate surface area is 289 Å². The first-order valence-electron chi connectivity index (χ1n) is 17.2. The molecule has 0 aliphatic heterocycles. The molecule has 2 heterocycles. The first kappa shape index (κ1) is 27.3. The molecule has 2 heteroatoms. The van der Waals surface area contributed by atoms with Crippen LogP contribution < -0.4 is 0 Å². The first-order valence-corrected chi connectivity index (χ1v) is 17.2. The van der Waals surface area contributed by atoms with Crippen LogP contribution in [0.1, 0.15) is 0 Å². The summed E-state index contributed by atoms with van der Waals surface area (Å²) < 4.78 is 8.88. The number of nitrogens with zero attached hydrogens (tertiary/aromatic N) is 1. The summed E-state index contributed by atoms with van der Waals surface area (Å²) in [5, 5.41) is 4.81. The summed E-state index contributed by atoms with van der Waals surface area (Å²) in [5.41, 5.74) is 17.6. The lowest BCUT2D eigenvalue weighted by Crippen LogP contribution is -2.00. The van der Waals surface area contributed by atoms with E-state index in [1.165, 1.54) is 77.4 Å². The topological polar surface area (TPSA) is 18.1 Å². The fraction of sp³-hybridized carbons (Fsp3) is 0. The molecule has 2 nitrogen and oxygen atoms in total. The van der Waals surface area contributed by atoms with Gasteiger partial charge in [-0.25, -0.2) is 0 Å². The smallest absolute Gasteiger partial charge is 0.136 e. The number of aromatic nitrogens is 1. The van der Waals surface area contributed by atoms with Gasteiger partial charge in [-0.1, -0.05) is 127 Å². The predicted molar refractivity (Wildman–Crippen MR) is 209 cm³/mol. The van der Waals surface area contributed by atoms with Gasteiger partial charge in [0.15, 0.2) is 0 Å². The van der Waals surface area contributed by atoms with Crippen molar-refractivity contribution < 1.29 is 4.42 Å². The van der Waals surface area contributed by atoms with Gasteiger partial charge in [-0.15, -0.1) is 0 Å². The standard InChI is InChI=1S/C48H29NO/c1-2-12-30(13-3-1)31-22-26-44-42(28-31)37-17-8-10-20-43(37)49(44)32-23-24-36-39-25-27-46-48(40-19-9-11-21-45(40)50-46)47(39)38-18-7-6-15-34(38)33-14-4-5-16-35(33)41(36)29-32/h1-29H. The minimum Gasteiger partial charge on any atom is -0.456 e. The molecule has 50 heavy (non-hydrogen) atoms. The third kappa shape index (κ3) is 3.85. The zero-order valence-electron chi connectivity index (χ0n) is 27.1. The minimum absolute atomic E-state index is 0.909. The maximum absolute atomic E-state index is 6.45. The fourth-order valence-electron chi connectivity index (χ4n) is 8.40. The fourth-order valence-corrected chi connectivity index (χ4v) is 8.40. The molecular weight excluding hydrogens is 607 g/mol. The van der Waals surface area contributed by atoms with Crippen LogP contribution in [0.4, 0.5) is 0 Å². The van der Waals surface area contributed by atoms with Crippen molar-refractivity contribution in [2.45, 2.75) is 0 Å². The van der Waals surface area contributed by atoms with Crippen LogP contribution in [0.5, 0.6) is 0 Å². The van der Waals surface area contributed by atoms with Crippen molar-refractivity contribution in [3.05, 3.63) is 176 Å². The minimum atomic E-state index is 0.909. The van der Waals surface area contributed by atoms with Crippen molar-refractivity contribution in [2.24, 2.45) is 0 Å². The predicted octanol–water partition coefficient (Wildman–Crippen LogP) is 13.3. The molecule has 11 rings (SSSR count). The van der Waals surface area contributed by atoms with Crippen molar-refractivity contribution in [1.82, 2.24) is 4.57 Å². The monoisotopic (exact) mass is 635 g/mol. The van der Waals surface area contributed by atoms with Gasteiger partial charge in [0.25, 0.3) is 0 Å². The number of benzene rings is 8. The van der Waals surface area contributed by atoms with E-state index in [4.69, 9.17) is 4.42 Å². The SMILES string of the molecule is c1ccc(-c2ccc3c(c2)c2ccccc2n3-c2ccc3c(c2)-c2ccccc2-c2ccccc2-c2c-3ccc3oc4ccccc4c23)cc1. The number of furan rings is 1. The molecular formula is C48H29NO. The average molecular weight is 636 g/mol. The molecule has 0 atom stereocenters. The summed E-state index contributed by atoms with van der Waals surface area (Å²) in [5.74, 6) is 0. The normalized spacial score (nSPS) is 12.0. The van der Waals surface area contributed by atoms with E-state index in [0.717, 1.165) is 27.6 Å². The van der Waals surface area contributed by atoms with Gasteiger partial charge in [-0.05, 0) is 98.6 Å². The molecule has 0 saturated heterocycles. The van der Waals surface area contributed by atoms with Crippen LogP contribution >= 0.6 is 0 Å². The van der Waals surface area contributed by atoms with E-state index in [0.29, 0.717) is 0 Å². The second kappa shape index (κ2) is 10.4. The molecule has 0 fully saturated rings. The number of rotatable bonds is 2. The highest BCUT2D eigenvalue weighted by Gasteiger charge is 2.26. The van der Waals surface area contributed by atoms with Gasteiger partial charge < -0.3 is 8.98 Å². The highest BCUT2D eigenvalue weighted by atomic mass is 16.3. The molecule has 1 aliphatic rings. The molecule has 232 valence electrons. The van der Waals surface area contributed by atoms with Gasteiger partial charge in [-0.3, -0.25) is 0 Å². The Morgan fingerprint density at radius 3 is 1.80 bits per heavy atom. The third-order valence-corrected chi connectivity index (χ3v) is 10.6. The molecule has 0 spiro atoms. The zero-order chi connectivity index (χ0) is 32.8. The lowest BCUT2D eigenvalue weighted by molar-refractivity contribution is 0.669. The lowest BCUT2D eigenvalue weighted by Gasteiger charge is -2.24. The molecule has 0 saturated carbocycles. The highest BCUT2D eigenvalue weighted by Crippen LogP contribution is 2.52. The maximum Gasteiger partial charge on any atom is 0.136 e. The van der Waals surface area contributed by atoms with Crippen LogP contribution in [0.2, 0.25) is 0 Å². The average Bonchev–Trinajstić information content (AvgIpc) is 3.73. The van der Waals surface area contributed by atoms with E-state index in [-0.39, 0.29) is 0 Å². The van der Waals surface area contributed by atoms with E-state index in [2.05, 4.69) is 174 Å². The zero-order valence-corrected chi connectivity index (χ0v) is 27.1. The Hall–Kier alpha value is -6.64. The number of para-hydroxylation sites is 2. The van der Waals surface area contributed by atoms with Crippen LogP contribution in [0, 0.1) is 0 Å². The summed E-state index contributed by atoms with van der Waals surface area (Å²) in [6, 6.07) is 63.9. The molecule has 0 unspecified atom stereocenters. The second-order valence-electron chi connectivity index (χ2n) is 13.2. The van der Waals surface area contributed by atoms with Crippen LogP contribution in [-0.4, -0.2) is 4.57 Å². The van der Waals surface area contributed by atoms with Gasteiger partial charge in [0.05, 0.1) is 11.0 Å². The Morgan fingerprint density at radius 2 is 0.960 bits per heavy atom. The molecule has 0 bridgehead atoms. The highest BCUT2D eigenvalue weighted by molar-refractivity contribution is 6.19. The molecule has 8 aromatic carbocycles. The van der Waals surface area contributed by atoms with Gasteiger partial charge in [-0.2, -0.15) is 0 Å². The summed E-state index contributed by atoms with van der Waals surface area (Å²) in [7, 11) is 0. The van der Waals surface area contributed by atoms with Gasteiger partial charge in [0.1, 0.15) is 11.2 Å². The summed E-state index contributed by atoms with van der Waals surface area (Å²) in [6.07, 6.45) is 0.